The summed E-state index contributed by atoms with van der Waals surface area (Å²) in [4.78, 5) is 0.126. The van der Waals surface area contributed by atoms with E-state index in [1.165, 1.54) is 0 Å². The fraction of sp³-hybridized carbons (Fsp3) is 0.250. The Morgan fingerprint density at radius 3 is 2.30 bits per heavy atom. The summed E-state index contributed by atoms with van der Waals surface area (Å²) in [6, 6.07) is 5.05. The number of hydrogen-bond donors (Lipinski definition) is 1. The van der Waals surface area contributed by atoms with Gasteiger partial charge in [0.2, 0.25) is 10.0 Å². The van der Waals surface area contributed by atoms with Crippen LogP contribution >= 0.6 is 0 Å². The number of fused-ring (bicyclic) bond motifs is 1. The minimum atomic E-state index is -3.71. The van der Waals surface area contributed by atoms with Crippen LogP contribution in [0.25, 0.3) is 5.57 Å². The lowest BCUT2D eigenvalue weighted by molar-refractivity contribution is 0.562. The van der Waals surface area contributed by atoms with Crippen LogP contribution < -0.4 is 5.14 Å². The van der Waals surface area contributed by atoms with E-state index in [0.29, 0.717) is 5.92 Å². The molecule has 2 rings (SSSR count). The van der Waals surface area contributed by atoms with Crippen molar-refractivity contribution in [3.8, 4) is 0 Å². The molecule has 1 aliphatic carbocycles. The van der Waals surface area contributed by atoms with Gasteiger partial charge in [0, 0.05) is 0 Å². The van der Waals surface area contributed by atoms with Crippen molar-refractivity contribution in [2.75, 3.05) is 0 Å². The zero-order valence-electron chi connectivity index (χ0n) is 11.8. The molecule has 1 aromatic carbocycles. The van der Waals surface area contributed by atoms with Crippen molar-refractivity contribution in [2.45, 2.75) is 24.7 Å². The molecule has 20 heavy (non-hydrogen) atoms. The van der Waals surface area contributed by atoms with Crippen molar-refractivity contribution in [1.29, 1.82) is 0 Å². The summed E-state index contributed by atoms with van der Waals surface area (Å²) in [5.41, 5.74) is 4.02. The van der Waals surface area contributed by atoms with Crippen LogP contribution in [-0.2, 0) is 10.0 Å². The maximum atomic E-state index is 11.5. The first-order valence-corrected chi connectivity index (χ1v) is 8.02. The number of benzene rings is 1. The maximum absolute atomic E-state index is 11.5. The zero-order chi connectivity index (χ0) is 15.1. The monoisotopic (exact) mass is 289 g/mol. The summed E-state index contributed by atoms with van der Waals surface area (Å²) in [5, 5.41) is 5.22. The average Bonchev–Trinajstić information content (AvgIpc) is 2.40. The van der Waals surface area contributed by atoms with Gasteiger partial charge in [-0.25, -0.2) is 13.6 Å². The van der Waals surface area contributed by atoms with Crippen molar-refractivity contribution in [2.24, 2.45) is 11.1 Å². The molecule has 3 nitrogen and oxygen atoms in total. The van der Waals surface area contributed by atoms with E-state index in [1.54, 1.807) is 18.2 Å². The topological polar surface area (TPSA) is 60.2 Å². The molecule has 0 heterocycles. The van der Waals surface area contributed by atoms with Gasteiger partial charge in [-0.1, -0.05) is 45.2 Å². The molecule has 0 aliphatic heterocycles. The van der Waals surface area contributed by atoms with Gasteiger partial charge in [-0.2, -0.15) is 0 Å². The molecule has 4 heteroatoms. The van der Waals surface area contributed by atoms with Gasteiger partial charge in [0.25, 0.3) is 0 Å². The first-order chi connectivity index (χ1) is 9.31. The number of rotatable bonds is 3. The number of sulfonamides is 1. The Bertz CT molecular complexity index is 714. The molecule has 2 N–H and O–H groups in total. The van der Waals surface area contributed by atoms with Crippen LogP contribution in [0, 0.1) is 5.92 Å². The van der Waals surface area contributed by atoms with Gasteiger partial charge in [0.1, 0.15) is 0 Å². The van der Waals surface area contributed by atoms with Crippen molar-refractivity contribution in [3.63, 3.8) is 0 Å². The number of hydrogen-bond acceptors (Lipinski definition) is 2. The summed E-state index contributed by atoms with van der Waals surface area (Å²) >= 11 is 0. The number of nitrogens with two attached hydrogens (primary N) is 1. The van der Waals surface area contributed by atoms with Gasteiger partial charge >= 0.3 is 0 Å². The summed E-state index contributed by atoms with van der Waals surface area (Å²) in [7, 11) is -3.71. The average molecular weight is 289 g/mol. The second kappa shape index (κ2) is 5.04. The molecule has 1 aromatic rings. The molecule has 0 amide bonds. The molecular formula is C16H19NO2S. The molecule has 0 aromatic heterocycles. The first-order valence-electron chi connectivity index (χ1n) is 6.47. The molecule has 0 saturated carbocycles. The summed E-state index contributed by atoms with van der Waals surface area (Å²) in [5.74, 6) is 0.601. The fourth-order valence-electron chi connectivity index (χ4n) is 2.81. The lowest BCUT2D eigenvalue weighted by Crippen LogP contribution is -2.18. The van der Waals surface area contributed by atoms with E-state index >= 15 is 0 Å². The molecule has 0 radical (unpaired) electrons. The third-order valence-corrected chi connectivity index (χ3v) is 5.02. The standard InChI is InChI=1S/C16H19NO2S/c1-5-13-10(3)11(4)15-8-7-12(20(17,18)19)9-16(15)14(13)6-2/h5-11H,1-2H2,3-4H3,(H2,17,18,19). The normalized spacial score (nSPS) is 22.4. The van der Waals surface area contributed by atoms with Crippen molar-refractivity contribution in [1.82, 2.24) is 0 Å². The van der Waals surface area contributed by atoms with E-state index in [2.05, 4.69) is 27.0 Å². The minimum absolute atomic E-state index is 0.126. The lowest BCUT2D eigenvalue weighted by Gasteiger charge is -2.31. The van der Waals surface area contributed by atoms with Crippen LogP contribution in [0.15, 0.2) is 54.0 Å². The number of primary sulfonamides is 1. The number of allylic oxidation sites excluding steroid dienone is 4. The molecule has 0 bridgehead atoms. The second-order valence-corrected chi connectivity index (χ2v) is 6.71. The Morgan fingerprint density at radius 2 is 1.80 bits per heavy atom. The third-order valence-electron chi connectivity index (χ3n) is 4.11. The fourth-order valence-corrected chi connectivity index (χ4v) is 3.35. The molecule has 106 valence electrons. The highest BCUT2D eigenvalue weighted by atomic mass is 32.2. The van der Waals surface area contributed by atoms with Crippen LogP contribution in [0.2, 0.25) is 0 Å². The van der Waals surface area contributed by atoms with Gasteiger partial charge < -0.3 is 0 Å². The van der Waals surface area contributed by atoms with E-state index in [9.17, 15) is 8.42 Å². The van der Waals surface area contributed by atoms with E-state index in [-0.39, 0.29) is 10.8 Å². The van der Waals surface area contributed by atoms with Gasteiger partial charge in [-0.15, -0.1) is 0 Å². The van der Waals surface area contributed by atoms with Gasteiger partial charge in [-0.05, 0) is 46.2 Å². The Balaban J connectivity index is 2.80. The Hall–Kier alpha value is -1.65. The molecule has 0 saturated heterocycles. The van der Waals surface area contributed by atoms with E-state index in [1.807, 2.05) is 12.1 Å². The summed E-state index contributed by atoms with van der Waals surface area (Å²) in [6.45, 7) is 12.0. The highest BCUT2D eigenvalue weighted by Gasteiger charge is 2.28. The van der Waals surface area contributed by atoms with E-state index in [4.69, 9.17) is 5.14 Å². The molecule has 0 spiro atoms. The van der Waals surface area contributed by atoms with Gasteiger partial charge in [0.05, 0.1) is 4.90 Å². The summed E-state index contributed by atoms with van der Waals surface area (Å²) in [6.07, 6.45) is 3.58. The SMILES string of the molecule is C=CC1=C(C=C)C(C)C(C)c2ccc(S(N)(=O)=O)cc21. The van der Waals surface area contributed by atoms with Gasteiger partial charge in [0.15, 0.2) is 0 Å². The van der Waals surface area contributed by atoms with Crippen LogP contribution in [0.5, 0.6) is 0 Å². The first kappa shape index (κ1) is 14.8. The highest BCUT2D eigenvalue weighted by molar-refractivity contribution is 7.89. The predicted molar refractivity (Wildman–Crippen MR) is 82.7 cm³/mol. The van der Waals surface area contributed by atoms with E-state index < -0.39 is 10.0 Å². The minimum Gasteiger partial charge on any atom is -0.225 e. The second-order valence-electron chi connectivity index (χ2n) is 5.15. The zero-order valence-corrected chi connectivity index (χ0v) is 12.6. The van der Waals surface area contributed by atoms with Crippen molar-refractivity contribution in [3.05, 3.63) is 60.2 Å². The third kappa shape index (κ3) is 2.25. The Labute approximate surface area is 120 Å². The van der Waals surface area contributed by atoms with Crippen LogP contribution in [0.4, 0.5) is 0 Å². The lowest BCUT2D eigenvalue weighted by atomic mass is 9.73. The maximum Gasteiger partial charge on any atom is 0.238 e. The van der Waals surface area contributed by atoms with Crippen LogP contribution in [0.1, 0.15) is 30.9 Å². The smallest absolute Gasteiger partial charge is 0.225 e. The van der Waals surface area contributed by atoms with Crippen molar-refractivity contribution < 1.29 is 8.42 Å². The van der Waals surface area contributed by atoms with Gasteiger partial charge in [-0.3, -0.25) is 0 Å². The molecule has 2 atom stereocenters. The highest BCUT2D eigenvalue weighted by Crippen LogP contribution is 2.43. The van der Waals surface area contributed by atoms with Crippen LogP contribution in [0.3, 0.4) is 0 Å². The Morgan fingerprint density at radius 1 is 1.15 bits per heavy atom. The molecule has 0 fully saturated rings. The molecule has 1 aliphatic rings. The Kier molecular flexibility index (Phi) is 3.71. The van der Waals surface area contributed by atoms with Crippen molar-refractivity contribution >= 4 is 15.6 Å². The summed E-state index contributed by atoms with van der Waals surface area (Å²) < 4.78 is 23.1. The van der Waals surface area contributed by atoms with E-state index in [0.717, 1.165) is 22.3 Å². The van der Waals surface area contributed by atoms with Crippen LogP contribution in [-0.4, -0.2) is 8.42 Å². The quantitative estimate of drug-likeness (QED) is 0.928. The molecule has 2 unspecified atom stereocenters. The largest absolute Gasteiger partial charge is 0.238 e. The molecular weight excluding hydrogens is 270 g/mol. The predicted octanol–water partition coefficient (Wildman–Crippen LogP) is 3.21.